The molecule has 0 aromatic heterocycles. The van der Waals surface area contributed by atoms with Gasteiger partial charge in [-0.2, -0.15) is 0 Å². The van der Waals surface area contributed by atoms with E-state index < -0.39 is 11.1 Å². The van der Waals surface area contributed by atoms with Gasteiger partial charge < -0.3 is 19.8 Å². The number of carbonyl (C=O) groups excluding carboxylic acids is 1. The topological polar surface area (TPSA) is 119 Å². The Labute approximate surface area is 119 Å². The smallest absolute Gasteiger partial charge is 0.331 e. The van der Waals surface area contributed by atoms with Gasteiger partial charge in [-0.3, -0.25) is 0 Å². The molecule has 8 nitrogen and oxygen atoms in total. The van der Waals surface area contributed by atoms with Gasteiger partial charge in [0, 0.05) is 6.08 Å². The average Bonchev–Trinajstić information content (AvgIpc) is 2.43. The molecule has 0 aliphatic rings. The van der Waals surface area contributed by atoms with Crippen molar-refractivity contribution in [3.8, 4) is 11.5 Å². The Morgan fingerprint density at radius 1 is 1.24 bits per heavy atom. The van der Waals surface area contributed by atoms with Crippen molar-refractivity contribution in [1.82, 2.24) is 0 Å². The first-order valence-electron chi connectivity index (χ1n) is 5.78. The minimum Gasteiger partial charge on any atom is -0.504 e. The van der Waals surface area contributed by atoms with Gasteiger partial charge in [-0.25, -0.2) is 4.79 Å². The minimum atomic E-state index is -0.924. The number of ether oxygens (including phenoxy) is 1. The number of rotatable bonds is 7. The Morgan fingerprint density at radius 2 is 1.95 bits per heavy atom. The third kappa shape index (κ3) is 6.62. The maximum Gasteiger partial charge on any atom is 0.331 e. The molecule has 0 radical (unpaired) electrons. The number of hydrogen-bond acceptors (Lipinski definition) is 7. The number of phenols is 2. The fraction of sp³-hybridized carbons (Fsp3) is 0.154. The van der Waals surface area contributed by atoms with Crippen LogP contribution in [-0.2, 0) is 14.4 Å². The third-order valence-corrected chi connectivity index (χ3v) is 2.18. The number of aromatic hydroxyl groups is 2. The van der Waals surface area contributed by atoms with Crippen molar-refractivity contribution < 1.29 is 29.7 Å². The van der Waals surface area contributed by atoms with Crippen molar-refractivity contribution in [3.05, 3.63) is 52.1 Å². The van der Waals surface area contributed by atoms with Crippen LogP contribution in [0.15, 0.2) is 36.4 Å². The summed E-state index contributed by atoms with van der Waals surface area (Å²) in [5.74, 6) is -1.17. The highest BCUT2D eigenvalue weighted by Crippen LogP contribution is 2.25. The second-order valence-corrected chi connectivity index (χ2v) is 3.70. The zero-order valence-corrected chi connectivity index (χ0v) is 10.8. The van der Waals surface area contributed by atoms with Crippen LogP contribution < -0.4 is 0 Å². The summed E-state index contributed by atoms with van der Waals surface area (Å²) in [6.45, 7) is -0.266. The molecule has 0 aliphatic carbocycles. The van der Waals surface area contributed by atoms with E-state index in [2.05, 4.69) is 4.84 Å². The molecule has 1 aromatic carbocycles. The van der Waals surface area contributed by atoms with Gasteiger partial charge in [0.2, 0.25) is 0 Å². The summed E-state index contributed by atoms with van der Waals surface area (Å²) in [6.07, 6.45) is 5.30. The molecular formula is C13H13NO7. The molecule has 0 aliphatic heterocycles. The van der Waals surface area contributed by atoms with Crippen molar-refractivity contribution in [2.45, 2.75) is 0 Å². The summed E-state index contributed by atoms with van der Waals surface area (Å²) >= 11 is 0. The number of esters is 1. The monoisotopic (exact) mass is 295 g/mol. The summed E-state index contributed by atoms with van der Waals surface area (Å²) in [5, 5.41) is 27.3. The molecule has 112 valence electrons. The molecule has 0 heterocycles. The van der Waals surface area contributed by atoms with E-state index in [0.29, 0.717) is 5.56 Å². The van der Waals surface area contributed by atoms with Crippen molar-refractivity contribution in [1.29, 1.82) is 0 Å². The molecular weight excluding hydrogens is 282 g/mol. The fourth-order valence-electron chi connectivity index (χ4n) is 1.23. The van der Waals surface area contributed by atoms with Gasteiger partial charge >= 0.3 is 5.97 Å². The average molecular weight is 295 g/mol. The van der Waals surface area contributed by atoms with Gasteiger partial charge in [0.1, 0.15) is 13.2 Å². The number of phenolic OH excluding ortho intramolecular Hbond substituents is 2. The van der Waals surface area contributed by atoms with E-state index in [9.17, 15) is 20.0 Å². The van der Waals surface area contributed by atoms with Gasteiger partial charge in [-0.05, 0) is 29.8 Å². The maximum absolute atomic E-state index is 11.3. The summed E-state index contributed by atoms with van der Waals surface area (Å²) < 4.78 is 4.77. The van der Waals surface area contributed by atoms with E-state index in [-0.39, 0.29) is 24.7 Å². The highest BCUT2D eigenvalue weighted by Gasteiger charge is 1.99. The quantitative estimate of drug-likeness (QED) is 0.195. The Bertz CT molecular complexity index is 566. The molecule has 0 spiro atoms. The predicted molar refractivity (Wildman–Crippen MR) is 71.9 cm³/mol. The molecule has 0 saturated carbocycles. The highest BCUT2D eigenvalue weighted by atomic mass is 16.9. The predicted octanol–water partition coefficient (Wildman–Crippen LogP) is 1.42. The van der Waals surface area contributed by atoms with Crippen LogP contribution in [0, 0.1) is 10.1 Å². The first-order chi connectivity index (χ1) is 9.99. The van der Waals surface area contributed by atoms with Crippen molar-refractivity contribution >= 4 is 12.0 Å². The molecule has 2 N–H and O–H groups in total. The SMILES string of the molecule is O=C(/C=C/c1ccc(O)c(O)c1)OC/C=C/CO[N+](=O)[O-]. The summed E-state index contributed by atoms with van der Waals surface area (Å²) in [4.78, 5) is 25.2. The summed E-state index contributed by atoms with van der Waals surface area (Å²) in [6, 6.07) is 4.08. The van der Waals surface area contributed by atoms with E-state index in [4.69, 9.17) is 9.84 Å². The van der Waals surface area contributed by atoms with Gasteiger partial charge in [0.25, 0.3) is 5.09 Å². The molecule has 1 rings (SSSR count). The number of nitrogens with zero attached hydrogens (tertiary/aromatic N) is 1. The minimum absolute atomic E-state index is 0.0505. The maximum atomic E-state index is 11.3. The summed E-state index contributed by atoms with van der Waals surface area (Å²) in [7, 11) is 0. The Morgan fingerprint density at radius 3 is 2.62 bits per heavy atom. The van der Waals surface area contributed by atoms with Crippen LogP contribution >= 0.6 is 0 Å². The van der Waals surface area contributed by atoms with Gasteiger partial charge in [0.15, 0.2) is 11.5 Å². The zero-order chi connectivity index (χ0) is 15.7. The zero-order valence-electron chi connectivity index (χ0n) is 10.8. The number of benzene rings is 1. The van der Waals surface area contributed by atoms with E-state index in [1.54, 1.807) is 0 Å². The number of hydrogen-bond donors (Lipinski definition) is 2. The highest BCUT2D eigenvalue weighted by molar-refractivity contribution is 5.87. The molecule has 0 bridgehead atoms. The summed E-state index contributed by atoms with van der Waals surface area (Å²) in [5.41, 5.74) is 0.511. The standard InChI is InChI=1S/C13H13NO7/c15-11-5-3-10(9-12(11)16)4-6-13(17)20-7-1-2-8-21-14(18)19/h1-6,9,15-16H,7-8H2/b2-1+,6-4+. The Balaban J connectivity index is 2.34. The van der Waals surface area contributed by atoms with Crippen LogP contribution in [0.3, 0.4) is 0 Å². The van der Waals surface area contributed by atoms with Crippen LogP contribution in [0.4, 0.5) is 0 Å². The molecule has 0 saturated heterocycles. The first kappa shape index (κ1) is 16.0. The van der Waals surface area contributed by atoms with Crippen LogP contribution in [0.2, 0.25) is 0 Å². The van der Waals surface area contributed by atoms with Crippen LogP contribution in [0.1, 0.15) is 5.56 Å². The van der Waals surface area contributed by atoms with Gasteiger partial charge in [0.05, 0.1) is 0 Å². The molecule has 0 amide bonds. The van der Waals surface area contributed by atoms with E-state index in [1.807, 2.05) is 0 Å². The van der Waals surface area contributed by atoms with Crippen molar-refractivity contribution in [3.63, 3.8) is 0 Å². The molecule has 0 fully saturated rings. The van der Waals surface area contributed by atoms with Crippen molar-refractivity contribution in [2.24, 2.45) is 0 Å². The lowest BCUT2D eigenvalue weighted by molar-refractivity contribution is -0.755. The van der Waals surface area contributed by atoms with E-state index in [1.165, 1.54) is 36.4 Å². The van der Waals surface area contributed by atoms with E-state index >= 15 is 0 Å². The first-order valence-corrected chi connectivity index (χ1v) is 5.78. The second-order valence-electron chi connectivity index (χ2n) is 3.70. The van der Waals surface area contributed by atoms with E-state index in [0.717, 1.165) is 6.08 Å². The second kappa shape index (κ2) is 8.20. The molecule has 0 unspecified atom stereocenters. The lowest BCUT2D eigenvalue weighted by atomic mass is 10.2. The van der Waals surface area contributed by atoms with Crippen LogP contribution in [0.25, 0.3) is 6.08 Å². The van der Waals surface area contributed by atoms with Gasteiger partial charge in [-0.1, -0.05) is 12.1 Å². The lowest BCUT2D eigenvalue weighted by Crippen LogP contribution is -2.02. The molecule has 21 heavy (non-hydrogen) atoms. The molecule has 0 atom stereocenters. The molecule has 8 heteroatoms. The molecule has 1 aromatic rings. The van der Waals surface area contributed by atoms with Crippen molar-refractivity contribution in [2.75, 3.05) is 13.2 Å². The number of carbonyl (C=O) groups is 1. The third-order valence-electron chi connectivity index (χ3n) is 2.18. The fourth-order valence-corrected chi connectivity index (χ4v) is 1.23. The largest absolute Gasteiger partial charge is 0.504 e. The van der Waals surface area contributed by atoms with Gasteiger partial charge in [-0.15, -0.1) is 10.1 Å². The normalized spacial score (nSPS) is 10.9. The Kier molecular flexibility index (Phi) is 6.26. The lowest BCUT2D eigenvalue weighted by Gasteiger charge is -1.99. The van der Waals surface area contributed by atoms with Crippen LogP contribution in [-0.4, -0.2) is 34.5 Å². The Hall–Kier alpha value is -3.03. The van der Waals surface area contributed by atoms with Crippen LogP contribution in [0.5, 0.6) is 11.5 Å².